The van der Waals surface area contributed by atoms with E-state index in [4.69, 9.17) is 9.47 Å². The van der Waals surface area contributed by atoms with Crippen molar-refractivity contribution in [3.8, 4) is 17.0 Å². The second kappa shape index (κ2) is 10.9. The second-order valence-electron chi connectivity index (χ2n) is 14.1. The average molecular weight is 660 g/mol. The first kappa shape index (κ1) is 30.6. The van der Waals surface area contributed by atoms with Gasteiger partial charge >= 0.3 is 10.2 Å². The Hall–Kier alpha value is -3.71. The molecular formula is C35H41N5O6S. The highest BCUT2D eigenvalue weighted by Gasteiger charge is 2.71. The van der Waals surface area contributed by atoms with E-state index >= 15 is 0 Å². The summed E-state index contributed by atoms with van der Waals surface area (Å²) in [7, 11) is 0.416. The van der Waals surface area contributed by atoms with Gasteiger partial charge in [-0.25, -0.2) is 4.72 Å². The molecule has 2 amide bonds. The van der Waals surface area contributed by atoms with E-state index in [0.29, 0.717) is 50.1 Å². The van der Waals surface area contributed by atoms with Crippen LogP contribution in [0.4, 0.5) is 0 Å². The minimum atomic E-state index is -3.98. The number of hydrogen-bond acceptors (Lipinski definition) is 7. The number of methoxy groups -OCH3 is 1. The van der Waals surface area contributed by atoms with E-state index in [9.17, 15) is 18.0 Å². The summed E-state index contributed by atoms with van der Waals surface area (Å²) in [4.78, 5) is 29.9. The molecule has 11 nitrogen and oxygen atoms in total. The summed E-state index contributed by atoms with van der Waals surface area (Å²) in [5.41, 5.74) is 5.51. The number of ether oxygens (including phenoxy) is 2. The Labute approximate surface area is 275 Å². The van der Waals surface area contributed by atoms with Gasteiger partial charge in [0, 0.05) is 61.3 Å². The number of rotatable bonds is 6. The fourth-order valence-corrected chi connectivity index (χ4v) is 9.29. The number of hydrogen-bond donors (Lipinski definition) is 2. The van der Waals surface area contributed by atoms with Crippen molar-refractivity contribution in [2.75, 3.05) is 54.1 Å². The van der Waals surface area contributed by atoms with Crippen LogP contribution < -0.4 is 14.8 Å². The first-order valence-corrected chi connectivity index (χ1v) is 17.9. The third-order valence-electron chi connectivity index (χ3n) is 11.3. The summed E-state index contributed by atoms with van der Waals surface area (Å²) in [5.74, 6) is 0.316. The summed E-state index contributed by atoms with van der Waals surface area (Å²) < 4.78 is 42.0. The van der Waals surface area contributed by atoms with Gasteiger partial charge in [-0.15, -0.1) is 0 Å². The summed E-state index contributed by atoms with van der Waals surface area (Å²) >= 11 is 0. The second-order valence-corrected chi connectivity index (χ2v) is 15.9. The maximum Gasteiger partial charge on any atom is 0.303 e. The van der Waals surface area contributed by atoms with Crippen LogP contribution >= 0.6 is 0 Å². The van der Waals surface area contributed by atoms with Crippen molar-refractivity contribution in [3.63, 3.8) is 0 Å². The number of aromatic nitrogens is 1. The van der Waals surface area contributed by atoms with Crippen LogP contribution in [0.25, 0.3) is 28.2 Å². The molecule has 5 aliphatic rings. The van der Waals surface area contributed by atoms with E-state index in [1.807, 2.05) is 29.2 Å². The third kappa shape index (κ3) is 4.52. The van der Waals surface area contributed by atoms with Crippen LogP contribution in [0.15, 0.2) is 42.0 Å². The largest absolute Gasteiger partial charge is 0.497 e. The highest BCUT2D eigenvalue weighted by Crippen LogP contribution is 2.55. The molecule has 4 aliphatic heterocycles. The molecule has 2 unspecified atom stereocenters. The lowest BCUT2D eigenvalue weighted by molar-refractivity contribution is -0.155. The van der Waals surface area contributed by atoms with Crippen molar-refractivity contribution in [1.82, 2.24) is 23.8 Å². The zero-order chi connectivity index (χ0) is 32.7. The van der Waals surface area contributed by atoms with E-state index in [1.54, 1.807) is 19.2 Å². The minimum Gasteiger partial charge on any atom is -0.497 e. The van der Waals surface area contributed by atoms with Gasteiger partial charge in [0.15, 0.2) is 0 Å². The molecule has 8 rings (SSSR count). The quantitative estimate of drug-likeness (QED) is 0.416. The smallest absolute Gasteiger partial charge is 0.303 e. The van der Waals surface area contributed by atoms with Crippen LogP contribution in [0, 0.1) is 5.41 Å². The van der Waals surface area contributed by atoms with Crippen molar-refractivity contribution in [2.45, 2.75) is 50.1 Å². The predicted octanol–water partition coefficient (Wildman–Crippen LogP) is 3.50. The van der Waals surface area contributed by atoms with Gasteiger partial charge < -0.3 is 24.3 Å². The van der Waals surface area contributed by atoms with Gasteiger partial charge in [-0.2, -0.15) is 12.7 Å². The van der Waals surface area contributed by atoms with Crippen molar-refractivity contribution in [2.24, 2.45) is 5.41 Å². The van der Waals surface area contributed by atoms with Gasteiger partial charge in [0.2, 0.25) is 0 Å². The molecule has 47 heavy (non-hydrogen) atoms. The van der Waals surface area contributed by atoms with E-state index < -0.39 is 16.1 Å². The Morgan fingerprint density at radius 3 is 2.64 bits per heavy atom. The Morgan fingerprint density at radius 2 is 1.87 bits per heavy atom. The molecule has 4 fully saturated rings. The summed E-state index contributed by atoms with van der Waals surface area (Å²) in [6, 6.07) is 11.5. The first-order chi connectivity index (χ1) is 22.6. The number of likely N-dealkylation sites (tertiary alicyclic amines) is 1. The number of amides is 2. The molecule has 5 heterocycles. The van der Waals surface area contributed by atoms with Gasteiger partial charge in [-0.1, -0.05) is 25.3 Å². The van der Waals surface area contributed by atoms with Crippen LogP contribution in [-0.2, 0) is 26.3 Å². The zero-order valence-corrected chi connectivity index (χ0v) is 27.9. The van der Waals surface area contributed by atoms with Gasteiger partial charge in [-0.3, -0.25) is 9.59 Å². The summed E-state index contributed by atoms with van der Waals surface area (Å²) in [5, 5.41) is 4.55. The van der Waals surface area contributed by atoms with Gasteiger partial charge in [0.1, 0.15) is 5.75 Å². The SMILES string of the molecule is COc1ccc2c(c1)C=C(C(=O)N1CC34CNCC13COC4)Cn1c-2c(C2CCCCC2)c2ccc(C(=O)NS(=O)(=O)N(C)C)cc21. The molecule has 3 aromatic rings. The molecule has 12 heteroatoms. The molecular weight excluding hydrogens is 618 g/mol. The van der Waals surface area contributed by atoms with E-state index in [2.05, 4.69) is 20.7 Å². The van der Waals surface area contributed by atoms with Crippen LogP contribution in [-0.4, -0.2) is 93.6 Å². The van der Waals surface area contributed by atoms with E-state index in [0.717, 1.165) is 64.3 Å². The summed E-state index contributed by atoms with van der Waals surface area (Å²) in [6.07, 6.45) is 7.63. The van der Waals surface area contributed by atoms with Gasteiger partial charge in [0.05, 0.1) is 43.5 Å². The number of nitrogens with zero attached hydrogens (tertiary/aromatic N) is 3. The number of carbonyl (C=O) groups excluding carboxylic acids is 2. The molecule has 1 aromatic heterocycles. The molecule has 2 atom stereocenters. The number of benzene rings is 2. The van der Waals surface area contributed by atoms with Crippen LogP contribution in [0.1, 0.15) is 59.5 Å². The number of fused-ring (bicyclic) bond motifs is 5. The Kier molecular flexibility index (Phi) is 7.11. The lowest BCUT2D eigenvalue weighted by Crippen LogP contribution is -2.75. The van der Waals surface area contributed by atoms with E-state index in [1.165, 1.54) is 26.1 Å². The monoisotopic (exact) mass is 659 g/mol. The van der Waals surface area contributed by atoms with E-state index in [-0.39, 0.29) is 22.4 Å². The van der Waals surface area contributed by atoms with Gasteiger partial charge in [0.25, 0.3) is 11.8 Å². The summed E-state index contributed by atoms with van der Waals surface area (Å²) in [6.45, 7) is 3.72. The van der Waals surface area contributed by atoms with Crippen molar-refractivity contribution in [3.05, 3.63) is 58.7 Å². The standard InChI is InChI=1S/C35H41N5O6S/c1-38(2)47(43,44)37-32(41)23-9-11-28-29(15-23)39-16-25(33(42)40-19-34-17-36-18-35(34,40)21-46-20-34)13-24-14-26(45-3)10-12-27(24)31(39)30(28)22-7-5-4-6-8-22/h9-15,22,36H,4-8,16-21H2,1-3H3,(H,37,41). The molecule has 3 saturated heterocycles. The molecule has 1 saturated carbocycles. The first-order valence-electron chi connectivity index (χ1n) is 16.5. The number of carbonyl (C=O) groups is 2. The Morgan fingerprint density at radius 1 is 1.06 bits per heavy atom. The minimum absolute atomic E-state index is 0.0107. The maximum atomic E-state index is 14.6. The van der Waals surface area contributed by atoms with Gasteiger partial charge in [-0.05, 0) is 66.3 Å². The maximum absolute atomic E-state index is 14.6. The van der Waals surface area contributed by atoms with Crippen molar-refractivity contribution in [1.29, 1.82) is 0 Å². The van der Waals surface area contributed by atoms with Crippen LogP contribution in [0.3, 0.4) is 0 Å². The van der Waals surface area contributed by atoms with Crippen LogP contribution in [0.2, 0.25) is 0 Å². The molecule has 2 N–H and O–H groups in total. The molecule has 0 bridgehead atoms. The highest BCUT2D eigenvalue weighted by molar-refractivity contribution is 7.87. The molecule has 0 spiro atoms. The third-order valence-corrected chi connectivity index (χ3v) is 12.7. The van der Waals surface area contributed by atoms with Crippen LogP contribution in [0.5, 0.6) is 5.75 Å². The predicted molar refractivity (Wildman–Crippen MR) is 178 cm³/mol. The molecule has 2 aromatic carbocycles. The van der Waals surface area contributed by atoms with Crippen molar-refractivity contribution < 1.29 is 27.5 Å². The zero-order valence-electron chi connectivity index (χ0n) is 27.1. The topological polar surface area (TPSA) is 122 Å². The Bertz CT molecular complexity index is 1950. The van der Waals surface area contributed by atoms with Crippen molar-refractivity contribution >= 4 is 39.0 Å². The molecule has 1 aliphatic carbocycles. The fraction of sp³-hybridized carbons (Fsp3) is 0.486. The molecule has 0 radical (unpaired) electrons. The Balaban J connectivity index is 1.30. The number of nitrogens with one attached hydrogen (secondary N) is 2. The normalized spacial score (nSPS) is 25.4. The average Bonchev–Trinajstić information content (AvgIpc) is 3.55. The molecule has 248 valence electrons. The highest BCUT2D eigenvalue weighted by atomic mass is 32.2. The fourth-order valence-electron chi connectivity index (χ4n) is 8.76. The lowest BCUT2D eigenvalue weighted by Gasteiger charge is -2.58. The lowest BCUT2D eigenvalue weighted by atomic mass is 9.65.